The third-order valence-corrected chi connectivity index (χ3v) is 6.05. The van der Waals surface area contributed by atoms with Crippen LogP contribution in [0, 0.1) is 0 Å². The van der Waals surface area contributed by atoms with Crippen LogP contribution < -0.4 is 5.32 Å². The van der Waals surface area contributed by atoms with Crippen molar-refractivity contribution in [1.29, 1.82) is 0 Å². The molecule has 2 amide bonds. The Morgan fingerprint density at radius 3 is 2.21 bits per heavy atom. The molecule has 2 N–H and O–H groups in total. The number of carbonyl (C=O) groups excluding carboxylic acids is 2. The fourth-order valence-electron chi connectivity index (χ4n) is 4.79. The van der Waals surface area contributed by atoms with Crippen molar-refractivity contribution in [2.24, 2.45) is 0 Å². The molecule has 2 aliphatic carbocycles. The number of rotatable bonds is 3. The van der Waals surface area contributed by atoms with Crippen LogP contribution in [0.25, 0.3) is 0 Å². The number of aliphatic hydroxyl groups excluding tert-OH is 1. The van der Waals surface area contributed by atoms with Crippen molar-refractivity contribution in [3.05, 3.63) is 0 Å². The summed E-state index contributed by atoms with van der Waals surface area (Å²) < 4.78 is 0. The van der Waals surface area contributed by atoms with Gasteiger partial charge in [-0.3, -0.25) is 14.5 Å². The zero-order valence-corrected chi connectivity index (χ0v) is 14.8. The van der Waals surface area contributed by atoms with Crippen LogP contribution in [0.4, 0.5) is 0 Å². The first-order chi connectivity index (χ1) is 11.5. The summed E-state index contributed by atoms with van der Waals surface area (Å²) >= 11 is 0. The first kappa shape index (κ1) is 17.7. The lowest BCUT2D eigenvalue weighted by atomic mass is 9.80. The summed E-state index contributed by atoms with van der Waals surface area (Å²) in [4.78, 5) is 29.1. The molecule has 0 aromatic carbocycles. The highest BCUT2D eigenvalue weighted by atomic mass is 16.3. The van der Waals surface area contributed by atoms with E-state index in [0.717, 1.165) is 64.5 Å². The lowest BCUT2D eigenvalue weighted by Gasteiger charge is -2.44. The van der Waals surface area contributed by atoms with E-state index in [9.17, 15) is 14.7 Å². The summed E-state index contributed by atoms with van der Waals surface area (Å²) in [5, 5.41) is 13.1. The predicted molar refractivity (Wildman–Crippen MR) is 91.4 cm³/mol. The number of nitrogens with one attached hydrogen (secondary N) is 1. The average Bonchev–Trinajstić information content (AvgIpc) is 3.00. The Bertz CT molecular complexity index is 468. The second kappa shape index (κ2) is 7.40. The molecule has 6 nitrogen and oxygen atoms in total. The molecule has 24 heavy (non-hydrogen) atoms. The maximum atomic E-state index is 13.1. The third-order valence-electron chi connectivity index (χ3n) is 6.05. The van der Waals surface area contributed by atoms with Crippen molar-refractivity contribution >= 4 is 11.8 Å². The van der Waals surface area contributed by atoms with Crippen molar-refractivity contribution in [3.8, 4) is 0 Å². The third kappa shape index (κ3) is 3.59. The van der Waals surface area contributed by atoms with Crippen LogP contribution in [0.2, 0.25) is 0 Å². The Labute approximate surface area is 144 Å². The van der Waals surface area contributed by atoms with Gasteiger partial charge >= 0.3 is 0 Å². The van der Waals surface area contributed by atoms with Crippen molar-refractivity contribution in [1.82, 2.24) is 15.1 Å². The van der Waals surface area contributed by atoms with Gasteiger partial charge in [-0.15, -0.1) is 0 Å². The predicted octanol–water partition coefficient (Wildman–Crippen LogP) is 0.883. The van der Waals surface area contributed by atoms with Crippen LogP contribution in [0.1, 0.15) is 58.3 Å². The number of carbonyl (C=O) groups is 2. The summed E-state index contributed by atoms with van der Waals surface area (Å²) in [6.07, 6.45) is 7.50. The Balaban J connectivity index is 1.61. The minimum Gasteiger partial charge on any atom is -0.391 e. The molecule has 3 aliphatic rings. The van der Waals surface area contributed by atoms with E-state index in [-0.39, 0.29) is 24.0 Å². The molecule has 0 bridgehead atoms. The molecule has 3 fully saturated rings. The van der Waals surface area contributed by atoms with Crippen LogP contribution >= 0.6 is 0 Å². The van der Waals surface area contributed by atoms with Gasteiger partial charge in [-0.2, -0.15) is 0 Å². The molecule has 2 saturated carbocycles. The van der Waals surface area contributed by atoms with Gasteiger partial charge in [0.15, 0.2) is 0 Å². The highest BCUT2D eigenvalue weighted by Crippen LogP contribution is 2.31. The topological polar surface area (TPSA) is 72.9 Å². The monoisotopic (exact) mass is 337 g/mol. The molecule has 1 heterocycles. The van der Waals surface area contributed by atoms with Gasteiger partial charge in [-0.1, -0.05) is 19.3 Å². The van der Waals surface area contributed by atoms with Gasteiger partial charge in [0.05, 0.1) is 6.10 Å². The second-order valence-electron chi connectivity index (χ2n) is 7.72. The second-order valence-corrected chi connectivity index (χ2v) is 7.72. The first-order valence-electron chi connectivity index (χ1n) is 9.52. The Kier molecular flexibility index (Phi) is 5.45. The lowest BCUT2D eigenvalue weighted by molar-refractivity contribution is -0.145. The minimum atomic E-state index is -0.681. The first-order valence-corrected chi connectivity index (χ1v) is 9.52. The molecular formula is C18H31N3O3. The number of nitrogens with zero attached hydrogens (tertiary/aromatic N) is 2. The molecule has 136 valence electrons. The quantitative estimate of drug-likeness (QED) is 0.802. The van der Waals surface area contributed by atoms with Crippen molar-refractivity contribution in [2.45, 2.75) is 76.0 Å². The molecule has 2 atom stereocenters. The average molecular weight is 337 g/mol. The van der Waals surface area contributed by atoms with Crippen molar-refractivity contribution < 1.29 is 14.7 Å². The van der Waals surface area contributed by atoms with E-state index in [0.29, 0.717) is 13.1 Å². The Morgan fingerprint density at radius 2 is 1.67 bits per heavy atom. The SMILES string of the molecule is CC(=O)NC1(C(=O)N2CCN([C@@H]3CCC[C@@H]3O)CC2)CCCCC1. The molecule has 0 radical (unpaired) electrons. The van der Waals surface area contributed by atoms with E-state index in [2.05, 4.69) is 10.2 Å². The number of hydrogen-bond acceptors (Lipinski definition) is 4. The number of aliphatic hydroxyl groups is 1. The number of amides is 2. The van der Waals surface area contributed by atoms with Gasteiger partial charge in [0.25, 0.3) is 0 Å². The van der Waals surface area contributed by atoms with Crippen LogP contribution in [0.15, 0.2) is 0 Å². The summed E-state index contributed by atoms with van der Waals surface area (Å²) in [6.45, 7) is 4.54. The smallest absolute Gasteiger partial charge is 0.248 e. The van der Waals surface area contributed by atoms with Crippen molar-refractivity contribution in [3.63, 3.8) is 0 Å². The van der Waals surface area contributed by atoms with E-state index >= 15 is 0 Å². The Hall–Kier alpha value is -1.14. The van der Waals surface area contributed by atoms with E-state index < -0.39 is 5.54 Å². The van der Waals surface area contributed by atoms with Crippen molar-refractivity contribution in [2.75, 3.05) is 26.2 Å². The normalized spacial score (nSPS) is 31.0. The molecule has 1 saturated heterocycles. The fourth-order valence-corrected chi connectivity index (χ4v) is 4.79. The standard InChI is InChI=1S/C18H31N3O3/c1-14(22)19-18(8-3-2-4-9-18)17(24)21-12-10-20(11-13-21)15-6-5-7-16(15)23/h15-16,23H,2-13H2,1H3,(H,19,22)/t15-,16+/m1/s1. The number of piperazine rings is 1. The van der Waals surface area contributed by atoms with Gasteiger partial charge in [0.2, 0.25) is 11.8 Å². The molecule has 1 aliphatic heterocycles. The van der Waals surface area contributed by atoms with E-state index in [4.69, 9.17) is 0 Å². The maximum absolute atomic E-state index is 13.1. The summed E-state index contributed by atoms with van der Waals surface area (Å²) in [6, 6.07) is 0.265. The Morgan fingerprint density at radius 1 is 1.00 bits per heavy atom. The van der Waals surface area contributed by atoms with E-state index in [1.807, 2.05) is 4.90 Å². The summed E-state index contributed by atoms with van der Waals surface area (Å²) in [7, 11) is 0. The maximum Gasteiger partial charge on any atom is 0.248 e. The zero-order chi connectivity index (χ0) is 17.2. The summed E-state index contributed by atoms with van der Waals surface area (Å²) in [5.41, 5.74) is -0.681. The van der Waals surface area contributed by atoms with Crippen LogP contribution in [0.3, 0.4) is 0 Å². The molecule has 0 unspecified atom stereocenters. The minimum absolute atomic E-state index is 0.101. The van der Waals surface area contributed by atoms with E-state index in [1.165, 1.54) is 6.92 Å². The molecule has 0 spiro atoms. The largest absolute Gasteiger partial charge is 0.391 e. The lowest BCUT2D eigenvalue weighted by Crippen LogP contribution is -2.63. The molecule has 0 aromatic rings. The van der Waals surface area contributed by atoms with Crippen LogP contribution in [-0.4, -0.2) is 70.6 Å². The van der Waals surface area contributed by atoms with Crippen LogP contribution in [-0.2, 0) is 9.59 Å². The van der Waals surface area contributed by atoms with Gasteiger partial charge in [0, 0.05) is 39.1 Å². The molecular weight excluding hydrogens is 306 g/mol. The van der Waals surface area contributed by atoms with E-state index in [1.54, 1.807) is 0 Å². The zero-order valence-electron chi connectivity index (χ0n) is 14.8. The van der Waals surface area contributed by atoms with Gasteiger partial charge in [0.1, 0.15) is 5.54 Å². The van der Waals surface area contributed by atoms with Gasteiger partial charge in [-0.05, 0) is 32.1 Å². The number of hydrogen-bond donors (Lipinski definition) is 2. The molecule has 6 heteroatoms. The highest BCUT2D eigenvalue weighted by Gasteiger charge is 2.44. The summed E-state index contributed by atoms with van der Waals surface area (Å²) in [5.74, 6) is -0.0121. The molecule has 3 rings (SSSR count). The van der Waals surface area contributed by atoms with Crippen LogP contribution in [0.5, 0.6) is 0 Å². The van der Waals surface area contributed by atoms with Gasteiger partial charge < -0.3 is 15.3 Å². The highest BCUT2D eigenvalue weighted by molar-refractivity contribution is 5.91. The van der Waals surface area contributed by atoms with Gasteiger partial charge in [-0.25, -0.2) is 0 Å². The molecule has 0 aromatic heterocycles. The fraction of sp³-hybridized carbons (Fsp3) is 0.889.